The maximum atomic E-state index is 11.9. The summed E-state index contributed by atoms with van der Waals surface area (Å²) in [4.78, 5) is 16.4. The van der Waals surface area contributed by atoms with Gasteiger partial charge in [0.25, 0.3) is 5.91 Å². The summed E-state index contributed by atoms with van der Waals surface area (Å²) in [6.07, 6.45) is 5.37. The Hall–Kier alpha value is -2.17. The highest BCUT2D eigenvalue weighted by Crippen LogP contribution is 2.33. The smallest absolute Gasteiger partial charge is 0.252 e. The lowest BCUT2D eigenvalue weighted by Gasteiger charge is -2.08. The predicted octanol–water partition coefficient (Wildman–Crippen LogP) is 2.75. The van der Waals surface area contributed by atoms with Crippen molar-refractivity contribution < 1.29 is 9.32 Å². The van der Waals surface area contributed by atoms with Crippen molar-refractivity contribution in [3.8, 4) is 0 Å². The number of benzene rings is 1. The highest BCUT2D eigenvalue weighted by atomic mass is 16.5. The number of nitrogens with zero attached hydrogens (tertiary/aromatic N) is 2. The van der Waals surface area contributed by atoms with E-state index in [0.717, 1.165) is 29.8 Å². The Labute approximate surface area is 122 Å². The zero-order chi connectivity index (χ0) is 14.2. The summed E-state index contributed by atoms with van der Waals surface area (Å²) < 4.78 is 5.38. The van der Waals surface area contributed by atoms with Gasteiger partial charge in [-0.2, -0.15) is 4.98 Å². The van der Waals surface area contributed by atoms with Crippen LogP contribution in [0.2, 0.25) is 0 Å². The summed E-state index contributed by atoms with van der Waals surface area (Å²) in [6, 6.07) is 7.59. The van der Waals surface area contributed by atoms with Crippen LogP contribution in [0.15, 0.2) is 28.8 Å². The van der Waals surface area contributed by atoms with Crippen molar-refractivity contribution >= 4 is 5.91 Å². The molecular formula is C16H17N3O2. The number of carbonyl (C=O) groups is 1. The van der Waals surface area contributed by atoms with Gasteiger partial charge in [0.05, 0.1) is 12.5 Å². The summed E-state index contributed by atoms with van der Waals surface area (Å²) >= 11 is 0. The molecule has 21 heavy (non-hydrogen) atoms. The first kappa shape index (κ1) is 12.6. The fraction of sp³-hybridized carbons (Fsp3) is 0.438. The summed E-state index contributed by atoms with van der Waals surface area (Å²) in [6.45, 7) is 0. The van der Waals surface area contributed by atoms with Gasteiger partial charge < -0.3 is 9.84 Å². The van der Waals surface area contributed by atoms with E-state index in [2.05, 4.69) is 15.5 Å². The van der Waals surface area contributed by atoms with E-state index in [1.807, 2.05) is 24.3 Å². The molecule has 0 radical (unpaired) electrons. The number of amides is 1. The van der Waals surface area contributed by atoms with E-state index in [1.54, 1.807) is 0 Å². The molecule has 1 atom stereocenters. The summed E-state index contributed by atoms with van der Waals surface area (Å²) in [5.74, 6) is 1.87. The molecule has 0 bridgehead atoms. The van der Waals surface area contributed by atoms with Crippen molar-refractivity contribution in [2.45, 2.75) is 44.1 Å². The molecule has 2 aliphatic rings. The van der Waals surface area contributed by atoms with Crippen molar-refractivity contribution in [2.75, 3.05) is 0 Å². The van der Waals surface area contributed by atoms with E-state index >= 15 is 0 Å². The van der Waals surface area contributed by atoms with Crippen LogP contribution in [0, 0.1) is 0 Å². The minimum Gasteiger partial charge on any atom is -0.345 e. The van der Waals surface area contributed by atoms with Crippen molar-refractivity contribution in [3.05, 3.63) is 47.1 Å². The minimum atomic E-state index is -0.0643. The molecular weight excluding hydrogens is 266 g/mol. The topological polar surface area (TPSA) is 68.0 Å². The van der Waals surface area contributed by atoms with Gasteiger partial charge in [0.2, 0.25) is 5.89 Å². The lowest BCUT2D eigenvalue weighted by molar-refractivity contribution is 0.0955. The number of carbonyl (C=O) groups excluding carboxylic acids is 1. The van der Waals surface area contributed by atoms with Gasteiger partial charge in [0, 0.05) is 11.5 Å². The molecule has 0 spiro atoms. The normalized spacial score (nSPS) is 21.5. The first-order valence-electron chi connectivity index (χ1n) is 7.53. The van der Waals surface area contributed by atoms with Gasteiger partial charge in [-0.1, -0.05) is 36.2 Å². The molecule has 0 saturated heterocycles. The molecule has 1 saturated carbocycles. The quantitative estimate of drug-likeness (QED) is 0.940. The van der Waals surface area contributed by atoms with Crippen molar-refractivity contribution in [3.63, 3.8) is 0 Å². The third-order valence-electron chi connectivity index (χ3n) is 4.47. The number of nitrogens with one attached hydrogen (secondary N) is 1. The van der Waals surface area contributed by atoms with Crippen LogP contribution < -0.4 is 5.32 Å². The summed E-state index contributed by atoms with van der Waals surface area (Å²) in [5, 5.41) is 7.10. The Bertz CT molecular complexity index is 674. The second-order valence-electron chi connectivity index (χ2n) is 5.85. The molecule has 1 aromatic heterocycles. The van der Waals surface area contributed by atoms with Gasteiger partial charge in [0.15, 0.2) is 5.82 Å². The molecule has 1 aliphatic heterocycles. The van der Waals surface area contributed by atoms with E-state index in [1.165, 1.54) is 12.8 Å². The minimum absolute atomic E-state index is 0.0221. The second-order valence-corrected chi connectivity index (χ2v) is 5.85. The molecule has 1 aromatic carbocycles. The van der Waals surface area contributed by atoms with Crippen LogP contribution in [-0.2, 0) is 6.42 Å². The molecule has 108 valence electrons. The van der Waals surface area contributed by atoms with Gasteiger partial charge in [-0.25, -0.2) is 0 Å². The zero-order valence-electron chi connectivity index (χ0n) is 11.7. The Balaban J connectivity index is 1.53. The van der Waals surface area contributed by atoms with Crippen LogP contribution in [0.25, 0.3) is 0 Å². The number of fused-ring (bicyclic) bond motifs is 1. The van der Waals surface area contributed by atoms with Gasteiger partial charge in [-0.15, -0.1) is 0 Å². The molecule has 2 aromatic rings. The van der Waals surface area contributed by atoms with E-state index in [9.17, 15) is 4.79 Å². The van der Waals surface area contributed by atoms with Gasteiger partial charge in [-0.05, 0) is 24.5 Å². The number of rotatable bonds is 3. The Kier molecular flexibility index (Phi) is 2.98. The van der Waals surface area contributed by atoms with Gasteiger partial charge >= 0.3 is 0 Å². The third kappa shape index (κ3) is 2.22. The van der Waals surface area contributed by atoms with E-state index in [4.69, 9.17) is 4.52 Å². The monoisotopic (exact) mass is 283 g/mol. The molecule has 0 unspecified atom stereocenters. The SMILES string of the molecule is O=C1N[C@@H](Cc2nc(C3CCCC3)no2)c2ccccc21. The van der Waals surface area contributed by atoms with Crippen molar-refractivity contribution in [1.29, 1.82) is 0 Å². The molecule has 1 aliphatic carbocycles. The van der Waals surface area contributed by atoms with Crippen LogP contribution in [0.1, 0.15) is 65.3 Å². The molecule has 1 N–H and O–H groups in total. The highest BCUT2D eigenvalue weighted by molar-refractivity contribution is 5.99. The van der Waals surface area contributed by atoms with Crippen LogP contribution in [0.5, 0.6) is 0 Å². The lowest BCUT2D eigenvalue weighted by atomic mass is 10.0. The number of hydrogen-bond donors (Lipinski definition) is 1. The molecule has 5 heteroatoms. The lowest BCUT2D eigenvalue weighted by Crippen LogP contribution is -2.20. The number of aromatic nitrogens is 2. The molecule has 1 amide bonds. The zero-order valence-corrected chi connectivity index (χ0v) is 11.7. The largest absolute Gasteiger partial charge is 0.345 e. The average Bonchev–Trinajstić information content (AvgIpc) is 3.21. The Morgan fingerprint density at radius 3 is 2.90 bits per heavy atom. The van der Waals surface area contributed by atoms with Crippen molar-refractivity contribution in [2.24, 2.45) is 0 Å². The molecule has 4 rings (SSSR count). The summed E-state index contributed by atoms with van der Waals surface area (Å²) in [5.41, 5.74) is 1.76. The maximum Gasteiger partial charge on any atom is 0.252 e. The first-order valence-corrected chi connectivity index (χ1v) is 7.53. The molecule has 2 heterocycles. The van der Waals surface area contributed by atoms with Crippen LogP contribution in [-0.4, -0.2) is 16.0 Å². The van der Waals surface area contributed by atoms with Gasteiger partial charge in [0.1, 0.15) is 0 Å². The van der Waals surface area contributed by atoms with E-state index in [0.29, 0.717) is 18.2 Å². The summed E-state index contributed by atoms with van der Waals surface area (Å²) in [7, 11) is 0. The highest BCUT2D eigenvalue weighted by Gasteiger charge is 2.30. The van der Waals surface area contributed by atoms with Crippen LogP contribution in [0.3, 0.4) is 0 Å². The van der Waals surface area contributed by atoms with Crippen LogP contribution in [0.4, 0.5) is 0 Å². The van der Waals surface area contributed by atoms with Gasteiger partial charge in [-0.3, -0.25) is 4.79 Å². The fourth-order valence-corrected chi connectivity index (χ4v) is 3.36. The average molecular weight is 283 g/mol. The molecule has 1 fully saturated rings. The molecule has 5 nitrogen and oxygen atoms in total. The van der Waals surface area contributed by atoms with E-state index < -0.39 is 0 Å². The third-order valence-corrected chi connectivity index (χ3v) is 4.47. The van der Waals surface area contributed by atoms with E-state index in [-0.39, 0.29) is 11.9 Å². The Morgan fingerprint density at radius 1 is 1.24 bits per heavy atom. The fourth-order valence-electron chi connectivity index (χ4n) is 3.36. The number of hydrogen-bond acceptors (Lipinski definition) is 4. The standard InChI is InChI=1S/C16H17N3O2/c20-16-12-8-4-3-7-11(12)13(17-16)9-14-18-15(19-21-14)10-5-1-2-6-10/h3-4,7-8,10,13H,1-2,5-6,9H2,(H,17,20)/t13-/m0/s1. The Morgan fingerprint density at radius 2 is 2.05 bits per heavy atom. The first-order chi connectivity index (χ1) is 10.3. The second kappa shape index (κ2) is 4.98. The van der Waals surface area contributed by atoms with Crippen LogP contribution >= 0.6 is 0 Å². The van der Waals surface area contributed by atoms with Crippen molar-refractivity contribution in [1.82, 2.24) is 15.5 Å². The maximum absolute atomic E-state index is 11.9. The predicted molar refractivity (Wildman–Crippen MR) is 75.9 cm³/mol.